The summed E-state index contributed by atoms with van der Waals surface area (Å²) in [5.41, 5.74) is -0.957. The van der Waals surface area contributed by atoms with Gasteiger partial charge in [0.1, 0.15) is 5.69 Å². The zero-order chi connectivity index (χ0) is 21.7. The van der Waals surface area contributed by atoms with Crippen LogP contribution < -0.4 is 10.2 Å². The second kappa shape index (κ2) is 9.26. The number of hydrogen-bond acceptors (Lipinski definition) is 8. The predicted molar refractivity (Wildman–Crippen MR) is 98.5 cm³/mol. The van der Waals surface area contributed by atoms with Crippen molar-refractivity contribution in [2.75, 3.05) is 24.5 Å². The molecule has 164 valence electrons. The quantitative estimate of drug-likeness (QED) is 0.748. The summed E-state index contributed by atoms with van der Waals surface area (Å²) in [6, 6.07) is 0.851. The second-order valence-electron chi connectivity index (χ2n) is 7.33. The summed E-state index contributed by atoms with van der Waals surface area (Å²) in [5, 5.41) is 6.43. The van der Waals surface area contributed by atoms with Gasteiger partial charge in [-0.2, -0.15) is 18.2 Å². The first kappa shape index (κ1) is 21.8. The zero-order valence-electron chi connectivity index (χ0n) is 16.6. The van der Waals surface area contributed by atoms with Gasteiger partial charge in [-0.3, -0.25) is 0 Å². The average molecular weight is 428 g/mol. The summed E-state index contributed by atoms with van der Waals surface area (Å²) in [5.74, 6) is 1.11. The molecule has 3 rings (SSSR count). The SMILES string of the molecule is CC(C)c1nc(COC(=O)NCC2CCN(c3nccc(C(F)(F)F)n3)CC2)no1. The molecular weight excluding hydrogens is 405 g/mol. The molecule has 30 heavy (non-hydrogen) atoms. The number of ether oxygens (including phenoxy) is 1. The van der Waals surface area contributed by atoms with E-state index in [0.717, 1.165) is 12.3 Å². The van der Waals surface area contributed by atoms with Crippen molar-refractivity contribution < 1.29 is 27.2 Å². The molecule has 9 nitrogen and oxygen atoms in total. The first-order valence-electron chi connectivity index (χ1n) is 9.60. The van der Waals surface area contributed by atoms with Gasteiger partial charge >= 0.3 is 12.3 Å². The molecule has 0 unspecified atom stereocenters. The van der Waals surface area contributed by atoms with Gasteiger partial charge in [-0.1, -0.05) is 19.0 Å². The Kier molecular flexibility index (Phi) is 6.73. The van der Waals surface area contributed by atoms with Crippen LogP contribution in [0.2, 0.25) is 0 Å². The fraction of sp³-hybridized carbons (Fsp3) is 0.611. The maximum absolute atomic E-state index is 12.8. The molecule has 0 radical (unpaired) electrons. The largest absolute Gasteiger partial charge is 0.441 e. The van der Waals surface area contributed by atoms with E-state index < -0.39 is 18.0 Å². The molecule has 12 heteroatoms. The Labute approximate surface area is 171 Å². The van der Waals surface area contributed by atoms with Crippen LogP contribution in [0.5, 0.6) is 0 Å². The summed E-state index contributed by atoms with van der Waals surface area (Å²) in [6.07, 6.45) is -2.61. The molecule has 2 aromatic rings. The minimum absolute atomic E-state index is 0.0662. The Bertz CT molecular complexity index is 850. The Morgan fingerprint density at radius 3 is 2.70 bits per heavy atom. The van der Waals surface area contributed by atoms with E-state index in [1.165, 1.54) is 0 Å². The topological polar surface area (TPSA) is 106 Å². The number of nitrogens with zero attached hydrogens (tertiary/aromatic N) is 5. The van der Waals surface area contributed by atoms with E-state index in [-0.39, 0.29) is 24.4 Å². The first-order chi connectivity index (χ1) is 14.2. The maximum atomic E-state index is 12.8. The number of piperidine rings is 1. The number of carbonyl (C=O) groups excluding carboxylic acids is 1. The van der Waals surface area contributed by atoms with Crippen LogP contribution in [0.3, 0.4) is 0 Å². The molecule has 0 bridgehead atoms. The number of alkyl carbamates (subject to hydrolysis) is 1. The van der Waals surface area contributed by atoms with Crippen LogP contribution in [0.4, 0.5) is 23.9 Å². The highest BCUT2D eigenvalue weighted by Gasteiger charge is 2.33. The lowest BCUT2D eigenvalue weighted by Crippen LogP contribution is -2.39. The van der Waals surface area contributed by atoms with E-state index in [1.807, 2.05) is 13.8 Å². The molecule has 0 saturated carbocycles. The van der Waals surface area contributed by atoms with Crippen LogP contribution in [-0.2, 0) is 17.5 Å². The molecule has 1 fully saturated rings. The van der Waals surface area contributed by atoms with Gasteiger partial charge in [0.2, 0.25) is 17.7 Å². The van der Waals surface area contributed by atoms with E-state index in [0.29, 0.717) is 44.2 Å². The van der Waals surface area contributed by atoms with Gasteiger partial charge in [0, 0.05) is 31.7 Å². The summed E-state index contributed by atoms with van der Waals surface area (Å²) in [6.45, 7) is 5.14. The number of rotatable bonds is 6. The van der Waals surface area contributed by atoms with Crippen molar-refractivity contribution in [1.29, 1.82) is 0 Å². The van der Waals surface area contributed by atoms with Crippen molar-refractivity contribution in [3.8, 4) is 0 Å². The number of amides is 1. The summed E-state index contributed by atoms with van der Waals surface area (Å²) in [7, 11) is 0. The second-order valence-corrected chi connectivity index (χ2v) is 7.33. The Hall–Kier alpha value is -2.92. The monoisotopic (exact) mass is 428 g/mol. The van der Waals surface area contributed by atoms with Crippen LogP contribution >= 0.6 is 0 Å². The fourth-order valence-electron chi connectivity index (χ4n) is 2.97. The van der Waals surface area contributed by atoms with Crippen molar-refractivity contribution in [2.24, 2.45) is 5.92 Å². The Morgan fingerprint density at radius 1 is 1.33 bits per heavy atom. The summed E-state index contributed by atoms with van der Waals surface area (Å²) >= 11 is 0. The summed E-state index contributed by atoms with van der Waals surface area (Å²) in [4.78, 5) is 25.3. The minimum atomic E-state index is -4.50. The third kappa shape index (κ3) is 5.80. The smallest absolute Gasteiger partial charge is 0.433 e. The molecule has 1 amide bonds. The molecule has 1 aliphatic rings. The molecule has 3 heterocycles. The van der Waals surface area contributed by atoms with Crippen molar-refractivity contribution in [3.05, 3.63) is 29.7 Å². The third-order valence-corrected chi connectivity index (χ3v) is 4.68. The lowest BCUT2D eigenvalue weighted by atomic mass is 9.97. The van der Waals surface area contributed by atoms with E-state index >= 15 is 0 Å². The van der Waals surface area contributed by atoms with E-state index in [4.69, 9.17) is 9.26 Å². The van der Waals surface area contributed by atoms with Crippen LogP contribution in [-0.4, -0.2) is 45.8 Å². The highest BCUT2D eigenvalue weighted by atomic mass is 19.4. The fourth-order valence-corrected chi connectivity index (χ4v) is 2.97. The van der Waals surface area contributed by atoms with Gasteiger partial charge < -0.3 is 19.5 Å². The Balaban J connectivity index is 1.40. The molecule has 0 spiro atoms. The van der Waals surface area contributed by atoms with Gasteiger partial charge in [-0.05, 0) is 24.8 Å². The van der Waals surface area contributed by atoms with Crippen LogP contribution in [0.15, 0.2) is 16.8 Å². The van der Waals surface area contributed by atoms with Gasteiger partial charge in [0.05, 0.1) is 0 Å². The third-order valence-electron chi connectivity index (χ3n) is 4.68. The Morgan fingerprint density at radius 2 is 2.07 bits per heavy atom. The molecule has 1 saturated heterocycles. The molecule has 0 atom stereocenters. The number of aromatic nitrogens is 4. The molecule has 1 N–H and O–H groups in total. The number of alkyl halides is 3. The van der Waals surface area contributed by atoms with Gasteiger partial charge in [0.15, 0.2) is 6.61 Å². The normalized spacial score (nSPS) is 15.5. The highest BCUT2D eigenvalue weighted by Crippen LogP contribution is 2.29. The van der Waals surface area contributed by atoms with E-state index in [1.54, 1.807) is 4.90 Å². The number of hydrogen-bond donors (Lipinski definition) is 1. The predicted octanol–water partition coefficient (Wildman–Crippen LogP) is 3.14. The van der Waals surface area contributed by atoms with Gasteiger partial charge in [-0.25, -0.2) is 14.8 Å². The first-order valence-corrected chi connectivity index (χ1v) is 9.60. The molecule has 0 aliphatic carbocycles. The van der Waals surface area contributed by atoms with Crippen molar-refractivity contribution in [1.82, 2.24) is 25.4 Å². The number of nitrogens with one attached hydrogen (secondary N) is 1. The van der Waals surface area contributed by atoms with Gasteiger partial charge in [0.25, 0.3) is 0 Å². The van der Waals surface area contributed by atoms with E-state index in [2.05, 4.69) is 25.4 Å². The minimum Gasteiger partial charge on any atom is -0.441 e. The maximum Gasteiger partial charge on any atom is 0.433 e. The lowest BCUT2D eigenvalue weighted by molar-refractivity contribution is -0.141. The van der Waals surface area contributed by atoms with Crippen molar-refractivity contribution in [3.63, 3.8) is 0 Å². The standard InChI is InChI=1S/C18H23F3N6O3/c1-11(2)15-25-14(26-30-15)10-29-17(28)23-9-12-4-7-27(8-5-12)16-22-6-3-13(24-16)18(19,20)21/h3,6,11-12H,4-5,7-10H2,1-2H3,(H,23,28). The molecule has 0 aromatic carbocycles. The number of carbonyl (C=O) groups is 1. The zero-order valence-corrected chi connectivity index (χ0v) is 16.6. The molecular formula is C18H23F3N6O3. The lowest BCUT2D eigenvalue weighted by Gasteiger charge is -2.32. The summed E-state index contributed by atoms with van der Waals surface area (Å²) < 4.78 is 48.5. The number of halogens is 3. The van der Waals surface area contributed by atoms with Crippen molar-refractivity contribution in [2.45, 2.75) is 45.4 Å². The highest BCUT2D eigenvalue weighted by molar-refractivity contribution is 5.67. The van der Waals surface area contributed by atoms with Crippen LogP contribution in [0.25, 0.3) is 0 Å². The number of anilines is 1. The van der Waals surface area contributed by atoms with Gasteiger partial charge in [-0.15, -0.1) is 0 Å². The molecule has 2 aromatic heterocycles. The van der Waals surface area contributed by atoms with Crippen molar-refractivity contribution >= 4 is 12.0 Å². The van der Waals surface area contributed by atoms with Crippen LogP contribution in [0, 0.1) is 5.92 Å². The molecule has 1 aliphatic heterocycles. The average Bonchev–Trinajstić information content (AvgIpc) is 3.20. The van der Waals surface area contributed by atoms with E-state index in [9.17, 15) is 18.0 Å². The van der Waals surface area contributed by atoms with Crippen LogP contribution in [0.1, 0.15) is 50.0 Å².